The van der Waals surface area contributed by atoms with Gasteiger partial charge in [-0.2, -0.15) is 0 Å². The first-order chi connectivity index (χ1) is 13.2. The van der Waals surface area contributed by atoms with Crippen molar-refractivity contribution in [1.82, 2.24) is 9.88 Å². The van der Waals surface area contributed by atoms with Crippen LogP contribution in [-0.4, -0.2) is 43.2 Å². The number of benzene rings is 1. The van der Waals surface area contributed by atoms with Gasteiger partial charge in [-0.05, 0) is 31.9 Å². The molecule has 8 nitrogen and oxygen atoms in total. The highest BCUT2D eigenvalue weighted by molar-refractivity contribution is 7.93. The normalized spacial score (nSPS) is 15.4. The van der Waals surface area contributed by atoms with Crippen LogP contribution in [0.4, 0.5) is 5.13 Å². The van der Waals surface area contributed by atoms with Crippen LogP contribution in [0.25, 0.3) is 0 Å². The fraction of sp³-hybridized carbons (Fsp3) is 0.389. The summed E-state index contributed by atoms with van der Waals surface area (Å²) in [6.45, 7) is 2.86. The van der Waals surface area contributed by atoms with E-state index < -0.39 is 10.0 Å². The topological polar surface area (TPSA) is 122 Å². The van der Waals surface area contributed by atoms with Crippen LogP contribution in [0, 0.1) is 12.8 Å². The summed E-state index contributed by atoms with van der Waals surface area (Å²) in [5, 5.41) is 1.89. The van der Waals surface area contributed by atoms with E-state index in [1.54, 1.807) is 22.4 Å². The van der Waals surface area contributed by atoms with E-state index in [1.165, 1.54) is 12.1 Å². The van der Waals surface area contributed by atoms with Crippen molar-refractivity contribution in [2.45, 2.75) is 31.1 Å². The summed E-state index contributed by atoms with van der Waals surface area (Å²) in [5.74, 6) is -0.593. The number of likely N-dealkylation sites (tertiary alicyclic amines) is 1. The van der Waals surface area contributed by atoms with Gasteiger partial charge in [0.2, 0.25) is 11.8 Å². The van der Waals surface area contributed by atoms with E-state index in [2.05, 4.69) is 9.71 Å². The third-order valence-electron chi connectivity index (χ3n) is 4.69. The maximum atomic E-state index is 12.4. The SMILES string of the molecule is Cc1ccc(S(=O)(=O)Nc2nc(CC(=O)N3CCC(C(N)=O)CC3)cs2)cc1. The van der Waals surface area contributed by atoms with Crippen molar-refractivity contribution in [3.8, 4) is 0 Å². The zero-order valence-electron chi connectivity index (χ0n) is 15.4. The van der Waals surface area contributed by atoms with Gasteiger partial charge in [-0.15, -0.1) is 11.3 Å². The fourth-order valence-corrected chi connectivity index (χ4v) is 4.97. The number of thiazole rings is 1. The third kappa shape index (κ3) is 4.87. The van der Waals surface area contributed by atoms with E-state index in [0.29, 0.717) is 31.6 Å². The maximum absolute atomic E-state index is 12.4. The van der Waals surface area contributed by atoms with Crippen LogP contribution in [0.15, 0.2) is 34.5 Å². The number of amides is 2. The van der Waals surface area contributed by atoms with Crippen LogP contribution in [-0.2, 0) is 26.0 Å². The predicted molar refractivity (Wildman–Crippen MR) is 106 cm³/mol. The second kappa shape index (κ2) is 8.27. The number of carbonyl (C=O) groups is 2. The molecule has 2 aromatic rings. The van der Waals surface area contributed by atoms with Gasteiger partial charge >= 0.3 is 0 Å². The number of hydrogen-bond acceptors (Lipinski definition) is 6. The lowest BCUT2D eigenvalue weighted by Crippen LogP contribution is -2.42. The number of sulfonamides is 1. The zero-order chi connectivity index (χ0) is 20.3. The summed E-state index contributed by atoms with van der Waals surface area (Å²) >= 11 is 1.13. The number of nitrogens with one attached hydrogen (secondary N) is 1. The van der Waals surface area contributed by atoms with Crippen molar-refractivity contribution in [2.75, 3.05) is 17.8 Å². The van der Waals surface area contributed by atoms with Crippen LogP contribution >= 0.6 is 11.3 Å². The predicted octanol–water partition coefficient (Wildman–Crippen LogP) is 1.52. The minimum absolute atomic E-state index is 0.0873. The average molecular weight is 423 g/mol. The number of carbonyl (C=O) groups excluding carboxylic acids is 2. The molecular weight excluding hydrogens is 400 g/mol. The van der Waals surface area contributed by atoms with Crippen LogP contribution in [0.3, 0.4) is 0 Å². The van der Waals surface area contributed by atoms with Gasteiger partial charge in [-0.3, -0.25) is 14.3 Å². The largest absolute Gasteiger partial charge is 0.369 e. The molecular formula is C18H22N4O4S2. The van der Waals surface area contributed by atoms with Gasteiger partial charge in [0.25, 0.3) is 10.0 Å². The number of piperidine rings is 1. The Labute approximate surface area is 167 Å². The Morgan fingerprint density at radius 3 is 2.50 bits per heavy atom. The number of anilines is 1. The smallest absolute Gasteiger partial charge is 0.263 e. The summed E-state index contributed by atoms with van der Waals surface area (Å²) in [6, 6.07) is 6.51. The molecule has 1 aromatic heterocycles. The monoisotopic (exact) mass is 422 g/mol. The summed E-state index contributed by atoms with van der Waals surface area (Å²) in [7, 11) is -3.72. The van der Waals surface area contributed by atoms with E-state index in [-0.39, 0.29) is 34.2 Å². The highest BCUT2D eigenvalue weighted by Gasteiger charge is 2.26. The average Bonchev–Trinajstić information content (AvgIpc) is 3.08. The number of rotatable bonds is 6. The Morgan fingerprint density at radius 1 is 1.25 bits per heavy atom. The van der Waals surface area contributed by atoms with Gasteiger partial charge in [-0.1, -0.05) is 17.7 Å². The summed E-state index contributed by atoms with van der Waals surface area (Å²) in [4.78, 5) is 29.7. The molecule has 0 radical (unpaired) electrons. The van der Waals surface area contributed by atoms with Crippen LogP contribution in [0.5, 0.6) is 0 Å². The molecule has 0 bridgehead atoms. The molecule has 150 valence electrons. The Balaban J connectivity index is 1.59. The number of nitrogens with zero attached hydrogens (tertiary/aromatic N) is 2. The minimum atomic E-state index is -3.72. The molecule has 10 heteroatoms. The van der Waals surface area contributed by atoms with Crippen LogP contribution < -0.4 is 10.5 Å². The van der Waals surface area contributed by atoms with E-state index in [4.69, 9.17) is 5.73 Å². The molecule has 1 aromatic carbocycles. The lowest BCUT2D eigenvalue weighted by atomic mass is 9.96. The number of nitrogens with two attached hydrogens (primary N) is 1. The summed E-state index contributed by atoms with van der Waals surface area (Å²) in [6.07, 6.45) is 1.23. The standard InChI is InChI=1S/C18H22N4O4S2/c1-12-2-4-15(5-3-12)28(25,26)21-18-20-14(11-27-18)10-16(23)22-8-6-13(7-9-22)17(19)24/h2-5,11,13H,6-10H2,1H3,(H2,19,24)(H,20,21). The molecule has 0 unspecified atom stereocenters. The maximum Gasteiger partial charge on any atom is 0.263 e. The molecule has 2 heterocycles. The molecule has 28 heavy (non-hydrogen) atoms. The van der Waals surface area contributed by atoms with Crippen molar-refractivity contribution in [1.29, 1.82) is 0 Å². The molecule has 1 aliphatic heterocycles. The molecule has 0 saturated carbocycles. The molecule has 3 rings (SSSR count). The van der Waals surface area contributed by atoms with E-state index >= 15 is 0 Å². The van der Waals surface area contributed by atoms with Gasteiger partial charge < -0.3 is 10.6 Å². The quantitative estimate of drug-likeness (QED) is 0.731. The number of primary amides is 1. The lowest BCUT2D eigenvalue weighted by molar-refractivity contribution is -0.134. The van der Waals surface area contributed by atoms with Crippen molar-refractivity contribution >= 4 is 38.3 Å². The van der Waals surface area contributed by atoms with Crippen molar-refractivity contribution in [2.24, 2.45) is 11.7 Å². The Morgan fingerprint density at radius 2 is 1.89 bits per heavy atom. The van der Waals surface area contributed by atoms with Gasteiger partial charge in [0.1, 0.15) is 0 Å². The molecule has 3 N–H and O–H groups in total. The Hall–Kier alpha value is -2.46. The summed E-state index contributed by atoms with van der Waals surface area (Å²) < 4.78 is 27.3. The highest BCUT2D eigenvalue weighted by atomic mass is 32.2. The summed E-state index contributed by atoms with van der Waals surface area (Å²) in [5.41, 5.74) is 6.78. The highest BCUT2D eigenvalue weighted by Crippen LogP contribution is 2.22. The Bertz CT molecular complexity index is 962. The second-order valence-electron chi connectivity index (χ2n) is 6.80. The lowest BCUT2D eigenvalue weighted by Gasteiger charge is -2.30. The van der Waals surface area contributed by atoms with Gasteiger partial charge in [-0.25, -0.2) is 13.4 Å². The zero-order valence-corrected chi connectivity index (χ0v) is 17.1. The number of aryl methyl sites for hydroxylation is 1. The molecule has 0 atom stereocenters. The second-order valence-corrected chi connectivity index (χ2v) is 9.34. The van der Waals surface area contributed by atoms with Crippen LogP contribution in [0.1, 0.15) is 24.1 Å². The molecule has 0 spiro atoms. The Kier molecular flexibility index (Phi) is 5.99. The molecule has 1 aliphatic rings. The molecule has 0 aliphatic carbocycles. The van der Waals surface area contributed by atoms with Crippen molar-refractivity contribution in [3.05, 3.63) is 40.9 Å². The van der Waals surface area contributed by atoms with E-state index in [9.17, 15) is 18.0 Å². The number of hydrogen-bond donors (Lipinski definition) is 2. The fourth-order valence-electron chi connectivity index (χ4n) is 3.01. The van der Waals surface area contributed by atoms with Gasteiger partial charge in [0, 0.05) is 24.4 Å². The van der Waals surface area contributed by atoms with E-state index in [1.807, 2.05) is 6.92 Å². The first kappa shape index (κ1) is 20.3. The van der Waals surface area contributed by atoms with Crippen molar-refractivity contribution in [3.63, 3.8) is 0 Å². The first-order valence-electron chi connectivity index (χ1n) is 8.85. The molecule has 1 saturated heterocycles. The molecule has 2 amide bonds. The number of aromatic nitrogens is 1. The first-order valence-corrected chi connectivity index (χ1v) is 11.2. The molecule has 1 fully saturated rings. The van der Waals surface area contributed by atoms with Crippen LogP contribution in [0.2, 0.25) is 0 Å². The minimum Gasteiger partial charge on any atom is -0.369 e. The van der Waals surface area contributed by atoms with Crippen molar-refractivity contribution < 1.29 is 18.0 Å². The van der Waals surface area contributed by atoms with Gasteiger partial charge in [0.15, 0.2) is 5.13 Å². The third-order valence-corrected chi connectivity index (χ3v) is 6.98. The van der Waals surface area contributed by atoms with Gasteiger partial charge in [0.05, 0.1) is 17.0 Å². The van der Waals surface area contributed by atoms with E-state index in [0.717, 1.165) is 16.9 Å².